The summed E-state index contributed by atoms with van der Waals surface area (Å²) < 4.78 is 4.90. The van der Waals surface area contributed by atoms with Gasteiger partial charge in [-0.05, 0) is 12.1 Å². The van der Waals surface area contributed by atoms with Crippen LogP contribution in [0.15, 0.2) is 18.2 Å². The third-order valence-corrected chi connectivity index (χ3v) is 2.19. The molecule has 1 aromatic rings. The molecule has 1 aromatic carbocycles. The van der Waals surface area contributed by atoms with E-state index in [1.807, 2.05) is 37.2 Å². The normalized spacial score (nSPS) is 13.8. The molecule has 0 saturated heterocycles. The average Bonchev–Trinajstić information content (AvgIpc) is 2.47. The predicted molar refractivity (Wildman–Crippen MR) is 49.9 cm³/mol. The lowest BCUT2D eigenvalue weighted by Crippen LogP contribution is -2.09. The van der Waals surface area contributed by atoms with E-state index < -0.39 is 0 Å². The number of anilines is 1. The van der Waals surface area contributed by atoms with Gasteiger partial charge in [0.2, 0.25) is 0 Å². The first-order chi connectivity index (χ1) is 6.18. The number of nitrogens with zero attached hydrogens (tertiary/aromatic N) is 1. The lowest BCUT2D eigenvalue weighted by atomic mass is 10.1. The van der Waals surface area contributed by atoms with Crippen LogP contribution in [0, 0.1) is 0 Å². The maximum Gasteiger partial charge on any atom is 0.338 e. The van der Waals surface area contributed by atoms with E-state index in [9.17, 15) is 4.79 Å². The summed E-state index contributed by atoms with van der Waals surface area (Å²) >= 11 is 0. The van der Waals surface area contributed by atoms with Crippen LogP contribution in [0.1, 0.15) is 15.9 Å². The number of hydrogen-bond donors (Lipinski definition) is 0. The van der Waals surface area contributed by atoms with Crippen molar-refractivity contribution in [3.05, 3.63) is 29.3 Å². The second kappa shape index (κ2) is 2.76. The molecule has 0 unspecified atom stereocenters. The zero-order chi connectivity index (χ0) is 9.42. The number of ether oxygens (including phenoxy) is 1. The summed E-state index contributed by atoms with van der Waals surface area (Å²) in [5, 5.41) is 0. The van der Waals surface area contributed by atoms with Crippen LogP contribution >= 0.6 is 0 Å². The number of cyclic esters (lactones) is 1. The summed E-state index contributed by atoms with van der Waals surface area (Å²) in [6.07, 6.45) is 0. The Hall–Kier alpha value is -1.51. The van der Waals surface area contributed by atoms with Crippen LogP contribution < -0.4 is 4.90 Å². The van der Waals surface area contributed by atoms with Crippen molar-refractivity contribution in [1.29, 1.82) is 0 Å². The van der Waals surface area contributed by atoms with E-state index in [1.54, 1.807) is 0 Å². The fourth-order valence-corrected chi connectivity index (χ4v) is 1.38. The van der Waals surface area contributed by atoms with E-state index in [-0.39, 0.29) is 5.97 Å². The summed E-state index contributed by atoms with van der Waals surface area (Å²) in [4.78, 5) is 13.2. The van der Waals surface area contributed by atoms with Gasteiger partial charge in [-0.2, -0.15) is 0 Å². The van der Waals surface area contributed by atoms with E-state index in [1.165, 1.54) is 0 Å². The first-order valence-corrected chi connectivity index (χ1v) is 4.16. The number of hydrogen-bond acceptors (Lipinski definition) is 3. The molecular weight excluding hydrogens is 166 g/mol. The number of esters is 1. The average molecular weight is 177 g/mol. The highest BCUT2D eigenvalue weighted by Gasteiger charge is 2.21. The Morgan fingerprint density at radius 2 is 2.15 bits per heavy atom. The van der Waals surface area contributed by atoms with Gasteiger partial charge >= 0.3 is 5.97 Å². The molecule has 0 atom stereocenters. The first-order valence-electron chi connectivity index (χ1n) is 4.16. The molecule has 0 N–H and O–H groups in total. The van der Waals surface area contributed by atoms with E-state index in [2.05, 4.69) is 0 Å². The van der Waals surface area contributed by atoms with Crippen molar-refractivity contribution in [2.24, 2.45) is 0 Å². The van der Waals surface area contributed by atoms with Crippen molar-refractivity contribution in [1.82, 2.24) is 0 Å². The van der Waals surface area contributed by atoms with Crippen molar-refractivity contribution in [3.8, 4) is 0 Å². The third kappa shape index (κ3) is 1.26. The van der Waals surface area contributed by atoms with E-state index >= 15 is 0 Å². The SMILES string of the molecule is CN(C)c1ccc2c(c1)C(=O)OC2. The number of fused-ring (bicyclic) bond motifs is 1. The van der Waals surface area contributed by atoms with Crippen LogP contribution in [0.2, 0.25) is 0 Å². The molecule has 0 saturated carbocycles. The van der Waals surface area contributed by atoms with Gasteiger partial charge in [0.25, 0.3) is 0 Å². The third-order valence-electron chi connectivity index (χ3n) is 2.19. The molecule has 0 amide bonds. The van der Waals surface area contributed by atoms with Crippen molar-refractivity contribution in [2.75, 3.05) is 19.0 Å². The fourth-order valence-electron chi connectivity index (χ4n) is 1.38. The minimum atomic E-state index is -0.210. The Bertz CT molecular complexity index is 358. The highest BCUT2D eigenvalue weighted by Crippen LogP contribution is 2.24. The monoisotopic (exact) mass is 177 g/mol. The van der Waals surface area contributed by atoms with Crippen LogP contribution in [-0.2, 0) is 11.3 Å². The molecule has 0 radical (unpaired) electrons. The molecule has 1 heterocycles. The molecule has 0 bridgehead atoms. The number of rotatable bonds is 1. The minimum absolute atomic E-state index is 0.210. The fraction of sp³-hybridized carbons (Fsp3) is 0.300. The lowest BCUT2D eigenvalue weighted by Gasteiger charge is -2.12. The molecule has 0 fully saturated rings. The summed E-state index contributed by atoms with van der Waals surface area (Å²) in [5.41, 5.74) is 2.71. The maximum absolute atomic E-state index is 11.2. The molecule has 0 aliphatic carbocycles. The van der Waals surface area contributed by atoms with Crippen LogP contribution in [0.3, 0.4) is 0 Å². The molecule has 1 aliphatic rings. The summed E-state index contributed by atoms with van der Waals surface area (Å²) in [6, 6.07) is 5.79. The number of benzene rings is 1. The van der Waals surface area contributed by atoms with Crippen molar-refractivity contribution >= 4 is 11.7 Å². The first kappa shape index (κ1) is 8.10. The highest BCUT2D eigenvalue weighted by molar-refractivity contribution is 5.94. The van der Waals surface area contributed by atoms with Gasteiger partial charge in [0, 0.05) is 25.3 Å². The molecule has 3 heteroatoms. The lowest BCUT2D eigenvalue weighted by molar-refractivity contribution is 0.0535. The standard InChI is InChI=1S/C10H11NO2/c1-11(2)8-4-3-7-6-13-10(12)9(7)5-8/h3-5H,6H2,1-2H3. The minimum Gasteiger partial charge on any atom is -0.457 e. The molecule has 13 heavy (non-hydrogen) atoms. The summed E-state index contributed by atoms with van der Waals surface area (Å²) in [6.45, 7) is 0.419. The van der Waals surface area contributed by atoms with Crippen LogP contribution in [0.4, 0.5) is 5.69 Å². The molecule has 2 rings (SSSR count). The topological polar surface area (TPSA) is 29.5 Å². The van der Waals surface area contributed by atoms with E-state index in [0.717, 1.165) is 11.3 Å². The van der Waals surface area contributed by atoms with Crippen molar-refractivity contribution in [3.63, 3.8) is 0 Å². The second-order valence-electron chi connectivity index (χ2n) is 3.31. The Balaban J connectivity index is 2.48. The Kier molecular flexibility index (Phi) is 1.72. The van der Waals surface area contributed by atoms with Crippen molar-refractivity contribution in [2.45, 2.75) is 6.61 Å². The van der Waals surface area contributed by atoms with E-state index in [4.69, 9.17) is 4.74 Å². The largest absolute Gasteiger partial charge is 0.457 e. The van der Waals surface area contributed by atoms with Crippen molar-refractivity contribution < 1.29 is 9.53 Å². The number of carbonyl (C=O) groups is 1. The van der Waals surface area contributed by atoms with E-state index in [0.29, 0.717) is 12.2 Å². The quantitative estimate of drug-likeness (QED) is 0.607. The zero-order valence-electron chi connectivity index (χ0n) is 7.70. The maximum atomic E-state index is 11.2. The van der Waals surface area contributed by atoms with Gasteiger partial charge in [0.1, 0.15) is 6.61 Å². The Morgan fingerprint density at radius 3 is 2.85 bits per heavy atom. The van der Waals surface area contributed by atoms with Crippen LogP contribution in [0.25, 0.3) is 0 Å². The van der Waals surface area contributed by atoms with Gasteiger partial charge in [-0.15, -0.1) is 0 Å². The summed E-state index contributed by atoms with van der Waals surface area (Å²) in [5.74, 6) is -0.210. The van der Waals surface area contributed by atoms with Crippen LogP contribution in [-0.4, -0.2) is 20.1 Å². The smallest absolute Gasteiger partial charge is 0.338 e. The van der Waals surface area contributed by atoms with Gasteiger partial charge in [-0.3, -0.25) is 0 Å². The van der Waals surface area contributed by atoms with Gasteiger partial charge in [0.15, 0.2) is 0 Å². The molecule has 68 valence electrons. The van der Waals surface area contributed by atoms with Gasteiger partial charge in [-0.1, -0.05) is 6.07 Å². The Labute approximate surface area is 76.9 Å². The van der Waals surface area contributed by atoms with Crippen LogP contribution in [0.5, 0.6) is 0 Å². The van der Waals surface area contributed by atoms with Gasteiger partial charge in [0.05, 0.1) is 5.56 Å². The van der Waals surface area contributed by atoms with Gasteiger partial charge in [-0.25, -0.2) is 4.79 Å². The number of carbonyl (C=O) groups excluding carboxylic acids is 1. The molecule has 0 spiro atoms. The Morgan fingerprint density at radius 1 is 1.38 bits per heavy atom. The summed E-state index contributed by atoms with van der Waals surface area (Å²) in [7, 11) is 3.89. The van der Waals surface area contributed by atoms with Gasteiger partial charge < -0.3 is 9.64 Å². The molecule has 0 aromatic heterocycles. The highest BCUT2D eigenvalue weighted by atomic mass is 16.5. The molecule has 3 nitrogen and oxygen atoms in total. The molecule has 1 aliphatic heterocycles. The molecular formula is C10H11NO2. The predicted octanol–water partition coefficient (Wildman–Crippen LogP) is 1.42. The second-order valence-corrected chi connectivity index (χ2v) is 3.31. The zero-order valence-corrected chi connectivity index (χ0v) is 7.70.